The van der Waals surface area contributed by atoms with Crippen LogP contribution in [0.5, 0.6) is 0 Å². The van der Waals surface area contributed by atoms with Crippen molar-refractivity contribution in [3.05, 3.63) is 101 Å². The van der Waals surface area contributed by atoms with Gasteiger partial charge in [-0.15, -0.1) is 0 Å². The second-order valence-electron chi connectivity index (χ2n) is 8.90. The smallest absolute Gasteiger partial charge is 0.239 e. The van der Waals surface area contributed by atoms with Crippen molar-refractivity contribution in [2.24, 2.45) is 0 Å². The third-order valence-corrected chi connectivity index (χ3v) is 6.82. The molecule has 0 aliphatic carbocycles. The Bertz CT molecular complexity index is 1010. The summed E-state index contributed by atoms with van der Waals surface area (Å²) < 4.78 is 0. The highest BCUT2D eigenvalue weighted by molar-refractivity contribution is 6.02. The number of amides is 1. The molecule has 1 saturated heterocycles. The first-order valence-corrected chi connectivity index (χ1v) is 11.0. The molecule has 30 heavy (non-hydrogen) atoms. The summed E-state index contributed by atoms with van der Waals surface area (Å²) in [7, 11) is 2.27. The Labute approximate surface area is 178 Å². The second-order valence-corrected chi connectivity index (χ2v) is 8.90. The summed E-state index contributed by atoms with van der Waals surface area (Å²) in [5.74, 6) is 0.335. The third kappa shape index (κ3) is 3.23. The lowest BCUT2D eigenvalue weighted by Crippen LogP contribution is -3.11. The predicted molar refractivity (Wildman–Crippen MR) is 121 cm³/mol. The highest BCUT2D eigenvalue weighted by Crippen LogP contribution is 2.45. The lowest BCUT2D eigenvalue weighted by Gasteiger charge is -2.36. The number of carbonyl (C=O) groups excluding carboxylic acids is 1. The van der Waals surface area contributed by atoms with Crippen LogP contribution in [0.4, 0.5) is 5.69 Å². The Morgan fingerprint density at radius 2 is 1.60 bits per heavy atom. The lowest BCUT2D eigenvalue weighted by molar-refractivity contribution is -0.886. The van der Waals surface area contributed by atoms with Gasteiger partial charge in [-0.2, -0.15) is 0 Å². The minimum Gasteiger partial charge on any atom is -0.337 e. The van der Waals surface area contributed by atoms with Crippen molar-refractivity contribution in [2.45, 2.75) is 31.2 Å². The number of rotatable bonds is 3. The van der Waals surface area contributed by atoms with Gasteiger partial charge in [0.05, 0.1) is 38.0 Å². The van der Waals surface area contributed by atoms with E-state index >= 15 is 0 Å². The van der Waals surface area contributed by atoms with Crippen molar-refractivity contribution in [2.75, 3.05) is 25.0 Å². The molecule has 152 valence electrons. The number of piperidine rings is 1. The molecule has 3 atom stereocenters. The van der Waals surface area contributed by atoms with E-state index in [1.54, 1.807) is 4.90 Å². The van der Waals surface area contributed by atoms with Crippen LogP contribution in [0.2, 0.25) is 0 Å². The van der Waals surface area contributed by atoms with E-state index in [1.165, 1.54) is 11.1 Å². The Balaban J connectivity index is 1.61. The molecule has 1 fully saturated rings. The number of likely N-dealkylation sites (tertiary alicyclic amines) is 1. The number of fused-ring (bicyclic) bond motifs is 3. The van der Waals surface area contributed by atoms with Gasteiger partial charge >= 0.3 is 0 Å². The molecule has 1 N–H and O–H groups in total. The Morgan fingerprint density at radius 1 is 0.967 bits per heavy atom. The average Bonchev–Trinajstić information content (AvgIpc) is 3.08. The van der Waals surface area contributed by atoms with Crippen molar-refractivity contribution in [1.82, 2.24) is 0 Å². The van der Waals surface area contributed by atoms with Crippen molar-refractivity contribution in [1.29, 1.82) is 0 Å². The summed E-state index contributed by atoms with van der Waals surface area (Å²) in [6.07, 6.45) is 1.05. The molecule has 5 rings (SSSR count). The molecule has 0 saturated carbocycles. The van der Waals surface area contributed by atoms with E-state index in [2.05, 4.69) is 61.3 Å². The molecule has 0 spiro atoms. The number of anilines is 1. The van der Waals surface area contributed by atoms with Gasteiger partial charge in [0.2, 0.25) is 5.91 Å². The minimum atomic E-state index is -0.285. The Kier molecular flexibility index (Phi) is 4.92. The van der Waals surface area contributed by atoms with E-state index in [4.69, 9.17) is 0 Å². The fraction of sp³-hybridized carbons (Fsp3) is 0.296. The van der Waals surface area contributed by atoms with Crippen LogP contribution in [-0.4, -0.2) is 32.1 Å². The number of benzene rings is 3. The second kappa shape index (κ2) is 7.73. The van der Waals surface area contributed by atoms with Crippen molar-refractivity contribution >= 4 is 11.6 Å². The van der Waals surface area contributed by atoms with Gasteiger partial charge in [0.25, 0.3) is 0 Å². The zero-order chi connectivity index (χ0) is 20.7. The number of nitrogens with one attached hydrogen (secondary N) is 1. The molecular formula is C27H29N2O+. The summed E-state index contributed by atoms with van der Waals surface area (Å²) in [6, 6.07) is 27.3. The molecule has 3 aromatic rings. The molecule has 3 aromatic carbocycles. The number of likely N-dealkylation sites (N-methyl/N-ethyl adjacent to an activating group) is 1. The molecule has 3 nitrogen and oxygen atoms in total. The van der Waals surface area contributed by atoms with E-state index in [-0.39, 0.29) is 17.9 Å². The SMILES string of the molecule is Cc1ccc2c(c1)[C@@H]1C[NH+](C)CC[C@@H]1N2C(=O)C(c1ccccc1)c1ccccc1. The number of hydrogen-bond acceptors (Lipinski definition) is 1. The van der Waals surface area contributed by atoms with Crippen molar-refractivity contribution in [3.63, 3.8) is 0 Å². The summed E-state index contributed by atoms with van der Waals surface area (Å²) in [5.41, 5.74) is 5.86. The fourth-order valence-corrected chi connectivity index (χ4v) is 5.39. The molecule has 0 aromatic heterocycles. The molecule has 3 heteroatoms. The largest absolute Gasteiger partial charge is 0.337 e. The van der Waals surface area contributed by atoms with Gasteiger partial charge < -0.3 is 9.80 Å². The topological polar surface area (TPSA) is 24.8 Å². The van der Waals surface area contributed by atoms with Crippen LogP contribution in [0.1, 0.15) is 40.5 Å². The zero-order valence-electron chi connectivity index (χ0n) is 17.7. The number of hydrogen-bond donors (Lipinski definition) is 1. The van der Waals surface area contributed by atoms with Crippen LogP contribution in [0, 0.1) is 6.92 Å². The first kappa shape index (κ1) is 19.1. The predicted octanol–water partition coefficient (Wildman–Crippen LogP) is 3.54. The fourth-order valence-electron chi connectivity index (χ4n) is 5.39. The number of quaternary nitrogens is 1. The van der Waals surface area contributed by atoms with Crippen molar-refractivity contribution < 1.29 is 9.69 Å². The number of nitrogens with zero attached hydrogens (tertiary/aromatic N) is 1. The van der Waals surface area contributed by atoms with Crippen LogP contribution in [-0.2, 0) is 4.79 Å². The zero-order valence-corrected chi connectivity index (χ0v) is 17.7. The maximum absolute atomic E-state index is 14.2. The van der Waals surface area contributed by atoms with E-state index < -0.39 is 0 Å². The normalized spacial score (nSPS) is 22.6. The molecule has 2 aliphatic heterocycles. The quantitative estimate of drug-likeness (QED) is 0.718. The molecule has 0 radical (unpaired) electrons. The maximum atomic E-state index is 14.2. The third-order valence-electron chi connectivity index (χ3n) is 6.82. The van der Waals surface area contributed by atoms with Crippen molar-refractivity contribution in [3.8, 4) is 0 Å². The van der Waals surface area contributed by atoms with Gasteiger partial charge in [0.15, 0.2) is 0 Å². The van der Waals surface area contributed by atoms with E-state index in [9.17, 15) is 4.79 Å². The van der Waals surface area contributed by atoms with E-state index in [0.29, 0.717) is 5.92 Å². The van der Waals surface area contributed by atoms with Crippen LogP contribution < -0.4 is 9.80 Å². The molecule has 0 bridgehead atoms. The summed E-state index contributed by atoms with van der Waals surface area (Å²) in [5, 5.41) is 0. The standard InChI is InChI=1S/C27H28N2O/c1-19-13-14-24-22(17-19)23-18-28(2)16-15-25(23)29(24)27(30)26(20-9-5-3-6-10-20)21-11-7-4-8-12-21/h3-14,17,23,25-26H,15-16,18H2,1-2H3/p+1/t23-,25-/m0/s1. The van der Waals surface area contributed by atoms with E-state index in [0.717, 1.165) is 36.3 Å². The summed E-state index contributed by atoms with van der Waals surface area (Å²) in [6.45, 7) is 4.35. The number of aryl methyl sites for hydroxylation is 1. The van der Waals surface area contributed by atoms with Gasteiger partial charge in [0.1, 0.15) is 0 Å². The Morgan fingerprint density at radius 3 is 2.23 bits per heavy atom. The maximum Gasteiger partial charge on any atom is 0.239 e. The number of carbonyl (C=O) groups is 1. The average molecular weight is 398 g/mol. The van der Waals surface area contributed by atoms with Gasteiger partial charge in [-0.25, -0.2) is 0 Å². The van der Waals surface area contributed by atoms with E-state index in [1.807, 2.05) is 36.4 Å². The van der Waals surface area contributed by atoms with Gasteiger partial charge in [-0.3, -0.25) is 4.79 Å². The monoisotopic (exact) mass is 397 g/mol. The first-order chi connectivity index (χ1) is 14.6. The highest BCUT2D eigenvalue weighted by Gasteiger charge is 2.47. The summed E-state index contributed by atoms with van der Waals surface area (Å²) in [4.78, 5) is 18.0. The first-order valence-electron chi connectivity index (χ1n) is 11.0. The van der Waals surface area contributed by atoms with Crippen LogP contribution in [0.25, 0.3) is 0 Å². The van der Waals surface area contributed by atoms with Crippen LogP contribution >= 0.6 is 0 Å². The van der Waals surface area contributed by atoms with Gasteiger partial charge in [-0.1, -0.05) is 78.4 Å². The molecule has 2 aliphatic rings. The summed E-state index contributed by atoms with van der Waals surface area (Å²) >= 11 is 0. The highest BCUT2D eigenvalue weighted by atomic mass is 16.2. The van der Waals surface area contributed by atoms with Crippen LogP contribution in [0.3, 0.4) is 0 Å². The van der Waals surface area contributed by atoms with Gasteiger partial charge in [0, 0.05) is 12.1 Å². The molecular weight excluding hydrogens is 368 g/mol. The Hall–Kier alpha value is -2.91. The minimum absolute atomic E-state index is 0.199. The van der Waals surface area contributed by atoms with Gasteiger partial charge in [-0.05, 0) is 29.7 Å². The molecule has 1 unspecified atom stereocenters. The van der Waals surface area contributed by atoms with Crippen LogP contribution in [0.15, 0.2) is 78.9 Å². The molecule has 1 amide bonds. The molecule has 2 heterocycles. The lowest BCUT2D eigenvalue weighted by atomic mass is 9.87.